The number of nitrogens with zero attached hydrogens (tertiary/aromatic N) is 1. The lowest BCUT2D eigenvalue weighted by atomic mass is 9.91. The molecule has 0 unspecified atom stereocenters. The quantitative estimate of drug-likeness (QED) is 0.851. The van der Waals surface area contributed by atoms with E-state index in [4.69, 9.17) is 10.5 Å². The summed E-state index contributed by atoms with van der Waals surface area (Å²) in [4.78, 5) is 17.0. The monoisotopic (exact) mass is 301 g/mol. The van der Waals surface area contributed by atoms with Gasteiger partial charge in [-0.3, -0.25) is 4.79 Å². The second-order valence-corrected chi connectivity index (χ2v) is 5.80. The number of anilines is 2. The molecule has 0 spiro atoms. The Morgan fingerprint density at radius 2 is 2.24 bits per heavy atom. The lowest BCUT2D eigenvalue weighted by Crippen LogP contribution is -2.22. The Bertz CT molecular complexity index is 679. The first-order valence-electron chi connectivity index (χ1n) is 6.57. The summed E-state index contributed by atoms with van der Waals surface area (Å²) in [5.41, 5.74) is 6.81. The van der Waals surface area contributed by atoms with Crippen LogP contribution in [0.3, 0.4) is 0 Å². The number of aromatic nitrogens is 1. The van der Waals surface area contributed by atoms with Gasteiger partial charge in [-0.2, -0.15) is 0 Å². The number of carbonyl (C=O) groups excluding carboxylic acids is 1. The smallest absolute Gasteiger partial charge is 0.226 e. The number of carbonyl (C=O) groups is 1. The zero-order chi connectivity index (χ0) is 14.8. The Labute approximate surface area is 126 Å². The summed E-state index contributed by atoms with van der Waals surface area (Å²) in [6, 6.07) is 7.74. The third-order valence-corrected chi connectivity index (χ3v) is 4.28. The number of nitrogens with one attached hydrogen (secondary N) is 1. The number of benzene rings is 1. The van der Waals surface area contributed by atoms with Crippen LogP contribution in [0.1, 0.15) is 22.8 Å². The molecular formula is C15H15N3O2S. The number of nitrogen functional groups attached to an aromatic ring is 1. The van der Waals surface area contributed by atoms with E-state index in [0.29, 0.717) is 24.0 Å². The predicted molar refractivity (Wildman–Crippen MR) is 83.8 cm³/mol. The van der Waals surface area contributed by atoms with Crippen LogP contribution in [0.25, 0.3) is 0 Å². The van der Waals surface area contributed by atoms with Crippen molar-refractivity contribution in [2.45, 2.75) is 12.3 Å². The van der Waals surface area contributed by atoms with Crippen LogP contribution in [0.15, 0.2) is 36.9 Å². The number of hydrogen-bond donors (Lipinski definition) is 2. The van der Waals surface area contributed by atoms with Crippen molar-refractivity contribution < 1.29 is 9.53 Å². The summed E-state index contributed by atoms with van der Waals surface area (Å²) in [5, 5.41) is 3.23. The number of nitrogens with two attached hydrogens (primary N) is 1. The molecule has 1 amide bonds. The molecule has 1 atom stereocenters. The maximum atomic E-state index is 11.8. The van der Waals surface area contributed by atoms with E-state index >= 15 is 0 Å². The van der Waals surface area contributed by atoms with Gasteiger partial charge in [0.2, 0.25) is 5.91 Å². The number of ether oxygens (including phenoxy) is 1. The van der Waals surface area contributed by atoms with Crippen LogP contribution >= 0.6 is 11.3 Å². The van der Waals surface area contributed by atoms with Crippen molar-refractivity contribution in [1.29, 1.82) is 0 Å². The van der Waals surface area contributed by atoms with Gasteiger partial charge >= 0.3 is 0 Å². The fourth-order valence-corrected chi connectivity index (χ4v) is 3.27. The summed E-state index contributed by atoms with van der Waals surface area (Å²) < 4.78 is 5.47. The van der Waals surface area contributed by atoms with Crippen LogP contribution in [0, 0.1) is 0 Å². The minimum Gasteiger partial charge on any atom is -0.490 e. The van der Waals surface area contributed by atoms with Crippen molar-refractivity contribution in [2.24, 2.45) is 0 Å². The summed E-state index contributed by atoms with van der Waals surface area (Å²) >= 11 is 1.42. The first-order chi connectivity index (χ1) is 10.2. The van der Waals surface area contributed by atoms with Crippen molar-refractivity contribution in [2.75, 3.05) is 17.7 Å². The van der Waals surface area contributed by atoms with Crippen molar-refractivity contribution >= 4 is 28.2 Å². The van der Waals surface area contributed by atoms with E-state index in [0.717, 1.165) is 16.2 Å². The fraction of sp³-hybridized carbons (Fsp3) is 0.200. The summed E-state index contributed by atoms with van der Waals surface area (Å²) in [7, 11) is 0. The van der Waals surface area contributed by atoms with E-state index in [1.54, 1.807) is 6.08 Å². The van der Waals surface area contributed by atoms with E-state index in [-0.39, 0.29) is 11.8 Å². The molecule has 2 heterocycles. The van der Waals surface area contributed by atoms with Gasteiger partial charge in [-0.15, -0.1) is 0 Å². The average Bonchev–Trinajstić information content (AvgIpc) is 2.85. The minimum atomic E-state index is -0.0372. The summed E-state index contributed by atoms with van der Waals surface area (Å²) in [6.07, 6.45) is 2.10. The molecule has 1 aliphatic rings. The molecule has 0 saturated carbocycles. The van der Waals surface area contributed by atoms with Crippen molar-refractivity contribution in [3.8, 4) is 5.75 Å². The van der Waals surface area contributed by atoms with E-state index < -0.39 is 0 Å². The Kier molecular flexibility index (Phi) is 3.62. The highest BCUT2D eigenvalue weighted by Gasteiger charge is 2.29. The highest BCUT2D eigenvalue weighted by molar-refractivity contribution is 7.16. The highest BCUT2D eigenvalue weighted by Crippen LogP contribution is 2.41. The van der Waals surface area contributed by atoms with E-state index in [9.17, 15) is 4.79 Å². The van der Waals surface area contributed by atoms with Gasteiger partial charge < -0.3 is 15.8 Å². The molecule has 0 bridgehead atoms. The Morgan fingerprint density at radius 3 is 2.95 bits per heavy atom. The molecule has 0 fully saturated rings. The largest absolute Gasteiger partial charge is 0.490 e. The first kappa shape index (κ1) is 13.6. The van der Waals surface area contributed by atoms with Gasteiger partial charge in [-0.1, -0.05) is 36.1 Å². The maximum absolute atomic E-state index is 11.8. The lowest BCUT2D eigenvalue weighted by Gasteiger charge is -2.21. The van der Waals surface area contributed by atoms with Crippen LogP contribution in [0.2, 0.25) is 0 Å². The number of hydrogen-bond acceptors (Lipinski definition) is 5. The Hall–Kier alpha value is -2.34. The van der Waals surface area contributed by atoms with Gasteiger partial charge in [0.15, 0.2) is 5.13 Å². The SMILES string of the molecule is C=CCOc1ccc([C@@H]2CC(=O)Nc3nc(N)sc32)cc1. The summed E-state index contributed by atoms with van der Waals surface area (Å²) in [6.45, 7) is 4.09. The topological polar surface area (TPSA) is 77.2 Å². The zero-order valence-electron chi connectivity index (χ0n) is 11.3. The molecule has 1 aliphatic heterocycles. The van der Waals surface area contributed by atoms with Crippen molar-refractivity contribution in [1.82, 2.24) is 4.98 Å². The number of thiazole rings is 1. The molecule has 108 valence electrons. The van der Waals surface area contributed by atoms with Crippen LogP contribution in [-0.2, 0) is 4.79 Å². The molecule has 6 heteroatoms. The molecule has 0 saturated heterocycles. The van der Waals surface area contributed by atoms with Gasteiger partial charge in [0.1, 0.15) is 18.2 Å². The predicted octanol–water partition coefficient (Wildman–Crippen LogP) is 2.76. The van der Waals surface area contributed by atoms with Crippen LogP contribution in [0.5, 0.6) is 5.75 Å². The molecule has 21 heavy (non-hydrogen) atoms. The standard InChI is InChI=1S/C15H15N3O2S/c1-2-7-20-10-5-3-9(4-6-10)11-8-12(19)17-14-13(11)21-15(16)18-14/h2-6,11H,1,7-8H2,(H2,16,18)(H,17,19)/t11-/m0/s1. The van der Waals surface area contributed by atoms with Crippen LogP contribution in [0.4, 0.5) is 10.9 Å². The van der Waals surface area contributed by atoms with Gasteiger partial charge in [0.05, 0.1) is 4.88 Å². The minimum absolute atomic E-state index is 0.00277. The number of rotatable bonds is 4. The third-order valence-electron chi connectivity index (χ3n) is 3.28. The molecule has 1 aromatic carbocycles. The third kappa shape index (κ3) is 2.75. The average molecular weight is 301 g/mol. The fourth-order valence-electron chi connectivity index (χ4n) is 2.36. The second kappa shape index (κ2) is 5.57. The van der Waals surface area contributed by atoms with E-state index in [2.05, 4.69) is 16.9 Å². The molecular weight excluding hydrogens is 286 g/mol. The normalized spacial score (nSPS) is 17.0. The second-order valence-electron chi connectivity index (χ2n) is 4.74. The Balaban J connectivity index is 1.89. The zero-order valence-corrected chi connectivity index (χ0v) is 12.2. The number of amides is 1. The Morgan fingerprint density at radius 1 is 1.48 bits per heavy atom. The van der Waals surface area contributed by atoms with Gasteiger partial charge in [-0.25, -0.2) is 4.98 Å². The molecule has 3 rings (SSSR count). The maximum Gasteiger partial charge on any atom is 0.226 e. The number of fused-ring (bicyclic) bond motifs is 1. The van der Waals surface area contributed by atoms with Crippen molar-refractivity contribution in [3.05, 3.63) is 47.4 Å². The van der Waals surface area contributed by atoms with E-state index in [1.807, 2.05) is 24.3 Å². The van der Waals surface area contributed by atoms with Crippen molar-refractivity contribution in [3.63, 3.8) is 0 Å². The van der Waals surface area contributed by atoms with Gasteiger partial charge in [-0.05, 0) is 17.7 Å². The first-order valence-corrected chi connectivity index (χ1v) is 7.38. The van der Waals surface area contributed by atoms with E-state index in [1.165, 1.54) is 11.3 Å². The molecule has 0 aliphatic carbocycles. The van der Waals surface area contributed by atoms with Gasteiger partial charge in [0, 0.05) is 12.3 Å². The molecule has 0 radical (unpaired) electrons. The van der Waals surface area contributed by atoms with Crippen LogP contribution in [-0.4, -0.2) is 17.5 Å². The summed E-state index contributed by atoms with van der Waals surface area (Å²) in [5.74, 6) is 1.33. The highest BCUT2D eigenvalue weighted by atomic mass is 32.1. The molecule has 1 aromatic heterocycles. The van der Waals surface area contributed by atoms with Gasteiger partial charge in [0.25, 0.3) is 0 Å². The molecule has 2 aromatic rings. The lowest BCUT2D eigenvalue weighted by molar-refractivity contribution is -0.116. The van der Waals surface area contributed by atoms with Crippen LogP contribution < -0.4 is 15.8 Å². The molecule has 3 N–H and O–H groups in total. The molecule has 5 nitrogen and oxygen atoms in total.